The predicted molar refractivity (Wildman–Crippen MR) is 278 cm³/mol. The highest BCUT2D eigenvalue weighted by molar-refractivity contribution is 5.76. The van der Waals surface area contributed by atoms with Gasteiger partial charge < -0.3 is 45.1 Å². The van der Waals surface area contributed by atoms with E-state index in [0.717, 1.165) is 103 Å². The second-order valence-electron chi connectivity index (χ2n) is 19.7. The van der Waals surface area contributed by atoms with Gasteiger partial charge in [-0.25, -0.2) is 0 Å². The van der Waals surface area contributed by atoms with Crippen molar-refractivity contribution in [3.05, 3.63) is 36.5 Å². The van der Waals surface area contributed by atoms with Gasteiger partial charge >= 0.3 is 5.97 Å². The molecule has 1 amide bonds. The highest BCUT2D eigenvalue weighted by atomic mass is 16.7. The molecule has 7 atom stereocenters. The number of unbranched alkanes of at least 4 members (excludes halogenated alkanes) is 31. The number of carbonyl (C=O) groups is 2. The van der Waals surface area contributed by atoms with Gasteiger partial charge in [-0.15, -0.1) is 0 Å². The zero-order valence-electron chi connectivity index (χ0n) is 43.6. The van der Waals surface area contributed by atoms with Crippen LogP contribution in [-0.2, 0) is 23.8 Å². The topological polar surface area (TPSA) is 175 Å². The van der Waals surface area contributed by atoms with Gasteiger partial charge in [-0.3, -0.25) is 9.59 Å². The number of amides is 1. The van der Waals surface area contributed by atoms with Gasteiger partial charge in [-0.2, -0.15) is 0 Å². The summed E-state index contributed by atoms with van der Waals surface area (Å²) in [4.78, 5) is 25.0. The number of aliphatic hydroxyl groups excluding tert-OH is 5. The first-order valence-corrected chi connectivity index (χ1v) is 28.3. The second kappa shape index (κ2) is 47.2. The molecule has 0 radical (unpaired) electrons. The monoisotopic (exact) mass is 964 g/mol. The Kier molecular flexibility index (Phi) is 44.4. The van der Waals surface area contributed by atoms with Crippen LogP contribution in [0.2, 0.25) is 0 Å². The van der Waals surface area contributed by atoms with Gasteiger partial charge in [0, 0.05) is 12.8 Å². The number of hydrogen-bond acceptors (Lipinski definition) is 10. The minimum atomic E-state index is -1.58. The number of aliphatic hydroxyl groups is 5. The first kappa shape index (κ1) is 63.9. The summed E-state index contributed by atoms with van der Waals surface area (Å²) in [5, 5.41) is 54.3. The normalized spacial score (nSPS) is 19.7. The summed E-state index contributed by atoms with van der Waals surface area (Å²) in [5.74, 6) is -0.245. The third kappa shape index (κ3) is 36.8. The van der Waals surface area contributed by atoms with E-state index in [9.17, 15) is 35.1 Å². The Morgan fingerprint density at radius 2 is 0.971 bits per heavy atom. The third-order valence-corrected chi connectivity index (χ3v) is 13.3. The van der Waals surface area contributed by atoms with Crippen LogP contribution in [0, 0.1) is 0 Å². The van der Waals surface area contributed by atoms with Crippen LogP contribution in [0.1, 0.15) is 251 Å². The Morgan fingerprint density at radius 1 is 0.544 bits per heavy atom. The molecule has 68 heavy (non-hydrogen) atoms. The van der Waals surface area contributed by atoms with Crippen molar-refractivity contribution in [1.82, 2.24) is 5.32 Å². The van der Waals surface area contributed by atoms with Gasteiger partial charge in [-0.1, -0.05) is 211 Å². The van der Waals surface area contributed by atoms with Crippen molar-refractivity contribution in [2.75, 3.05) is 19.8 Å². The molecular weight excluding hydrogens is 859 g/mol. The van der Waals surface area contributed by atoms with E-state index in [1.54, 1.807) is 6.08 Å². The maximum atomic E-state index is 13.0. The van der Waals surface area contributed by atoms with Crippen LogP contribution in [0.4, 0.5) is 0 Å². The van der Waals surface area contributed by atoms with Crippen LogP contribution >= 0.6 is 0 Å². The SMILES string of the molecule is CCCCCCCCCCCCCC/C=C/C(O)C(COC1OC(CO)C(O)C(O)C1O)NC(=O)CCCCCCCC/C=C\C=C/CCCCCOC(=O)CCCCCCCCCCCCC. The lowest BCUT2D eigenvalue weighted by Gasteiger charge is -2.40. The van der Waals surface area contributed by atoms with Crippen molar-refractivity contribution in [3.63, 3.8) is 0 Å². The van der Waals surface area contributed by atoms with Crippen LogP contribution < -0.4 is 5.32 Å². The third-order valence-electron chi connectivity index (χ3n) is 13.3. The summed E-state index contributed by atoms with van der Waals surface area (Å²) < 4.78 is 16.7. The van der Waals surface area contributed by atoms with E-state index in [4.69, 9.17) is 14.2 Å². The molecule has 11 heteroatoms. The van der Waals surface area contributed by atoms with Gasteiger partial charge in [0.05, 0.1) is 32.0 Å². The van der Waals surface area contributed by atoms with E-state index < -0.39 is 49.5 Å². The van der Waals surface area contributed by atoms with Crippen LogP contribution in [0.5, 0.6) is 0 Å². The van der Waals surface area contributed by atoms with Crippen molar-refractivity contribution in [3.8, 4) is 0 Å². The van der Waals surface area contributed by atoms with E-state index in [2.05, 4.69) is 43.5 Å². The van der Waals surface area contributed by atoms with Crippen molar-refractivity contribution in [2.45, 2.75) is 294 Å². The molecule has 0 aromatic carbocycles. The fraction of sp³-hybridized carbons (Fsp3) is 0.860. The molecule has 11 nitrogen and oxygen atoms in total. The average molecular weight is 964 g/mol. The molecule has 398 valence electrons. The Balaban J connectivity index is 2.20. The molecule has 1 aliphatic heterocycles. The Bertz CT molecular complexity index is 1230. The number of esters is 1. The van der Waals surface area contributed by atoms with Gasteiger partial charge in [-0.05, 0) is 64.2 Å². The average Bonchev–Trinajstić information content (AvgIpc) is 3.33. The van der Waals surface area contributed by atoms with Gasteiger partial charge in [0.1, 0.15) is 24.4 Å². The smallest absolute Gasteiger partial charge is 0.305 e. The van der Waals surface area contributed by atoms with Gasteiger partial charge in [0.2, 0.25) is 5.91 Å². The van der Waals surface area contributed by atoms with Crippen molar-refractivity contribution in [2.24, 2.45) is 0 Å². The zero-order chi connectivity index (χ0) is 49.6. The largest absolute Gasteiger partial charge is 0.466 e. The highest BCUT2D eigenvalue weighted by Crippen LogP contribution is 2.23. The van der Waals surface area contributed by atoms with E-state index in [1.807, 2.05) is 6.08 Å². The van der Waals surface area contributed by atoms with Crippen molar-refractivity contribution >= 4 is 11.9 Å². The molecule has 1 aliphatic rings. The van der Waals surface area contributed by atoms with Crippen LogP contribution in [-0.4, -0.2) is 100 Å². The maximum absolute atomic E-state index is 13.0. The molecule has 1 heterocycles. The molecule has 0 aliphatic carbocycles. The van der Waals surface area contributed by atoms with Crippen molar-refractivity contribution in [1.29, 1.82) is 0 Å². The molecule has 0 aromatic heterocycles. The molecule has 7 unspecified atom stereocenters. The summed E-state index contributed by atoms with van der Waals surface area (Å²) in [6.45, 7) is 4.26. The summed E-state index contributed by atoms with van der Waals surface area (Å²) in [5.41, 5.74) is 0. The Morgan fingerprint density at radius 3 is 1.46 bits per heavy atom. The molecule has 1 saturated heterocycles. The number of carbonyl (C=O) groups excluding carboxylic acids is 2. The molecule has 0 spiro atoms. The number of nitrogens with one attached hydrogen (secondary N) is 1. The molecule has 0 aromatic rings. The molecule has 0 bridgehead atoms. The summed E-state index contributed by atoms with van der Waals surface area (Å²) >= 11 is 0. The van der Waals surface area contributed by atoms with Crippen molar-refractivity contribution < 1.29 is 49.3 Å². The van der Waals surface area contributed by atoms with E-state index >= 15 is 0 Å². The van der Waals surface area contributed by atoms with Crippen LogP contribution in [0.15, 0.2) is 36.5 Å². The first-order valence-electron chi connectivity index (χ1n) is 28.3. The molecule has 0 saturated carbocycles. The molecule has 1 fully saturated rings. The lowest BCUT2D eigenvalue weighted by Crippen LogP contribution is -2.60. The molecular formula is C57H105NO10. The fourth-order valence-electron chi connectivity index (χ4n) is 8.72. The minimum absolute atomic E-state index is 0.0415. The lowest BCUT2D eigenvalue weighted by atomic mass is 9.99. The minimum Gasteiger partial charge on any atom is -0.466 e. The fourth-order valence-corrected chi connectivity index (χ4v) is 8.72. The van der Waals surface area contributed by atoms with Crippen LogP contribution in [0.3, 0.4) is 0 Å². The van der Waals surface area contributed by atoms with Crippen LogP contribution in [0.25, 0.3) is 0 Å². The summed E-state index contributed by atoms with van der Waals surface area (Å²) in [6.07, 6.45) is 46.4. The Hall–Kier alpha value is -2.12. The predicted octanol–water partition coefficient (Wildman–Crippen LogP) is 12.3. The summed E-state index contributed by atoms with van der Waals surface area (Å²) in [7, 11) is 0. The van der Waals surface area contributed by atoms with Gasteiger partial charge in [0.25, 0.3) is 0 Å². The maximum Gasteiger partial charge on any atom is 0.305 e. The number of rotatable bonds is 48. The van der Waals surface area contributed by atoms with E-state index in [-0.39, 0.29) is 18.5 Å². The zero-order valence-corrected chi connectivity index (χ0v) is 43.6. The highest BCUT2D eigenvalue weighted by Gasteiger charge is 2.44. The molecule has 6 N–H and O–H groups in total. The quantitative estimate of drug-likeness (QED) is 0.0149. The van der Waals surface area contributed by atoms with E-state index in [1.165, 1.54) is 122 Å². The Labute approximate surface area is 415 Å². The lowest BCUT2D eigenvalue weighted by molar-refractivity contribution is -0.302. The standard InChI is InChI=1S/C57H105NO10/c1-3-5-7-9-11-13-15-16-20-24-27-31-35-39-43-50(60)49(48-67-57-56(65)55(64)54(63)51(47-59)68-57)58-52(61)44-40-36-32-28-25-21-18-17-19-22-26-30-34-38-42-46-66-53(62)45-41-37-33-29-23-14-12-10-8-6-4-2/h17,19,22,26,39,43,49-51,54-57,59-60,63-65H,3-16,18,20-21,23-25,27-38,40-42,44-48H2,1-2H3,(H,58,61)/b19-17-,26-22-,43-39+. The van der Waals surface area contributed by atoms with E-state index in [0.29, 0.717) is 19.4 Å². The number of ether oxygens (including phenoxy) is 3. The molecule has 1 rings (SSSR count). The number of hydrogen-bond donors (Lipinski definition) is 6. The first-order chi connectivity index (χ1) is 33.2. The summed E-state index contributed by atoms with van der Waals surface area (Å²) in [6, 6.07) is -0.826. The number of allylic oxidation sites excluding steroid dienone is 5. The van der Waals surface area contributed by atoms with Gasteiger partial charge in [0.15, 0.2) is 6.29 Å². The second-order valence-corrected chi connectivity index (χ2v) is 19.7.